The Morgan fingerprint density at radius 3 is 2.49 bits per heavy atom. The third-order valence-electron chi connectivity index (χ3n) is 5.81. The second-order valence-corrected chi connectivity index (χ2v) is 8.77. The molecule has 10 heteroatoms. The van der Waals surface area contributed by atoms with Gasteiger partial charge in [-0.2, -0.15) is 4.48 Å². The lowest BCUT2D eigenvalue weighted by atomic mass is 9.97. The number of aromatic nitrogens is 1. The van der Waals surface area contributed by atoms with Gasteiger partial charge in [-0.25, -0.2) is 19.0 Å². The molecule has 0 aliphatic carbocycles. The average molecular weight is 499 g/mol. The highest BCUT2D eigenvalue weighted by molar-refractivity contribution is 6.30. The van der Waals surface area contributed by atoms with Crippen molar-refractivity contribution in [3.63, 3.8) is 0 Å². The van der Waals surface area contributed by atoms with Crippen molar-refractivity contribution in [3.05, 3.63) is 82.3 Å². The van der Waals surface area contributed by atoms with Crippen LogP contribution in [0.1, 0.15) is 34.3 Å². The highest BCUT2D eigenvalue weighted by atomic mass is 35.5. The Hall–Kier alpha value is -3.82. The van der Waals surface area contributed by atoms with Crippen LogP contribution < -0.4 is 10.1 Å². The number of carboxylic acids is 1. The second-order valence-electron chi connectivity index (χ2n) is 8.33. The summed E-state index contributed by atoms with van der Waals surface area (Å²) < 4.78 is 18.9. The molecular formula is C25H22ClFN3O5+. The first-order valence-electron chi connectivity index (χ1n) is 10.8. The molecule has 2 N–H and O–H groups in total. The van der Waals surface area contributed by atoms with Crippen LogP contribution in [0, 0.1) is 5.82 Å². The molecule has 1 aliphatic rings. The van der Waals surface area contributed by atoms with E-state index in [1.807, 2.05) is 0 Å². The molecule has 2 heterocycles. The van der Waals surface area contributed by atoms with Gasteiger partial charge in [-0.1, -0.05) is 23.7 Å². The maximum atomic E-state index is 13.7. The van der Waals surface area contributed by atoms with Crippen LogP contribution in [-0.4, -0.2) is 46.1 Å². The summed E-state index contributed by atoms with van der Waals surface area (Å²) in [7, 11) is 1.44. The van der Waals surface area contributed by atoms with Crippen LogP contribution in [0.2, 0.25) is 5.02 Å². The van der Waals surface area contributed by atoms with Crippen LogP contribution in [0.3, 0.4) is 0 Å². The third-order valence-corrected chi connectivity index (χ3v) is 6.07. The number of ether oxygens (including phenoxy) is 1. The monoisotopic (exact) mass is 498 g/mol. The predicted molar refractivity (Wildman–Crippen MR) is 126 cm³/mol. The topological polar surface area (TPSA) is 106 Å². The fourth-order valence-corrected chi connectivity index (χ4v) is 4.00. The van der Waals surface area contributed by atoms with Crippen molar-refractivity contribution >= 4 is 35.3 Å². The van der Waals surface area contributed by atoms with E-state index in [-0.39, 0.29) is 42.9 Å². The first-order chi connectivity index (χ1) is 16.7. The van der Waals surface area contributed by atoms with Gasteiger partial charge in [0.1, 0.15) is 22.9 Å². The van der Waals surface area contributed by atoms with E-state index >= 15 is 0 Å². The zero-order valence-electron chi connectivity index (χ0n) is 18.8. The van der Waals surface area contributed by atoms with Crippen molar-refractivity contribution in [1.29, 1.82) is 0 Å². The number of carbonyl (C=O) groups is 3. The van der Waals surface area contributed by atoms with Gasteiger partial charge in [-0.3, -0.25) is 10.1 Å². The summed E-state index contributed by atoms with van der Waals surface area (Å²) in [5.41, 5.74) is 1.34. The van der Waals surface area contributed by atoms with Gasteiger partial charge >= 0.3 is 17.9 Å². The molecule has 0 saturated carbocycles. The molecular weight excluding hydrogens is 477 g/mol. The quantitative estimate of drug-likeness (QED) is 0.411. The molecule has 1 unspecified atom stereocenters. The number of aliphatic carboxylic acids is 1. The first kappa shape index (κ1) is 24.3. The molecule has 0 spiro atoms. The molecule has 3 amide bonds. The van der Waals surface area contributed by atoms with E-state index in [1.165, 1.54) is 25.4 Å². The molecule has 35 heavy (non-hydrogen) atoms. The standard InChI is InChI=1S/C25H21ClFN3O5/c1-30(12-2-3-21(31)32)24(33)22-19(13-15-4-8-17(27)9-5-15)20(14-28-23(22)29-25(30)34)35-18-10-6-16(26)7-11-18/h4-11,14H,2-3,12-13H2,1H3,(H-,28,29,31,32,33,34)/p+1. The molecule has 8 nitrogen and oxygen atoms in total. The highest BCUT2D eigenvalue weighted by Gasteiger charge is 2.48. The van der Waals surface area contributed by atoms with Crippen LogP contribution in [0.5, 0.6) is 11.5 Å². The SMILES string of the molecule is C[N+]1(CCCC(=O)O)C(=O)Nc2ncc(Oc3ccc(Cl)cc3)c(Cc3ccc(F)cc3)c2C1=O. The molecule has 2 aromatic carbocycles. The van der Waals surface area contributed by atoms with Crippen molar-refractivity contribution in [2.45, 2.75) is 19.3 Å². The number of hydrogen-bond acceptors (Lipinski definition) is 5. The van der Waals surface area contributed by atoms with Gasteiger partial charge in [0.15, 0.2) is 5.82 Å². The summed E-state index contributed by atoms with van der Waals surface area (Å²) in [5, 5.41) is 12.2. The number of benzene rings is 2. The Bertz CT molecular complexity index is 1300. The number of carboxylic acid groups (broad SMARTS) is 1. The number of amides is 3. The summed E-state index contributed by atoms with van der Waals surface area (Å²) in [5.74, 6) is -1.09. The second kappa shape index (κ2) is 9.81. The molecule has 0 radical (unpaired) electrons. The molecule has 180 valence electrons. The molecule has 4 rings (SSSR count). The number of anilines is 1. The Labute approximate surface area is 205 Å². The number of carbonyl (C=O) groups excluding carboxylic acids is 2. The largest absolute Gasteiger partial charge is 0.481 e. The van der Waals surface area contributed by atoms with E-state index < -0.39 is 28.2 Å². The smallest absolute Gasteiger partial charge is 0.429 e. The minimum atomic E-state index is -1.01. The van der Waals surface area contributed by atoms with Crippen LogP contribution in [0.4, 0.5) is 15.0 Å². The lowest BCUT2D eigenvalue weighted by molar-refractivity contribution is -0.743. The van der Waals surface area contributed by atoms with E-state index in [2.05, 4.69) is 10.3 Å². The maximum Gasteiger partial charge on any atom is 0.429 e. The number of hydrogen-bond donors (Lipinski definition) is 2. The summed E-state index contributed by atoms with van der Waals surface area (Å²) in [6.45, 7) is -0.00529. The number of nitrogens with one attached hydrogen (secondary N) is 1. The summed E-state index contributed by atoms with van der Waals surface area (Å²) in [6, 6.07) is 11.9. The summed E-state index contributed by atoms with van der Waals surface area (Å²) in [6.07, 6.45) is 1.56. The number of halogens is 2. The lowest BCUT2D eigenvalue weighted by Gasteiger charge is -2.33. The van der Waals surface area contributed by atoms with Crippen LogP contribution in [-0.2, 0) is 11.2 Å². The zero-order chi connectivity index (χ0) is 25.2. The molecule has 1 aliphatic heterocycles. The number of pyridine rings is 1. The molecule has 0 fully saturated rings. The highest BCUT2D eigenvalue weighted by Crippen LogP contribution is 2.37. The van der Waals surface area contributed by atoms with Gasteiger partial charge in [0.25, 0.3) is 0 Å². The maximum absolute atomic E-state index is 13.7. The molecule has 0 bridgehead atoms. The van der Waals surface area contributed by atoms with Gasteiger partial charge in [0.05, 0.1) is 26.2 Å². The molecule has 3 aromatic rings. The normalized spacial score (nSPS) is 17.0. The first-order valence-corrected chi connectivity index (χ1v) is 11.2. The minimum Gasteiger partial charge on any atom is -0.481 e. The average Bonchev–Trinajstić information content (AvgIpc) is 2.82. The van der Waals surface area contributed by atoms with Crippen molar-refractivity contribution in [3.8, 4) is 11.5 Å². The van der Waals surface area contributed by atoms with Crippen molar-refractivity contribution in [1.82, 2.24) is 4.98 Å². The number of imide groups is 1. The number of quaternary nitrogens is 1. The third kappa shape index (κ3) is 5.16. The fourth-order valence-electron chi connectivity index (χ4n) is 3.87. The fraction of sp³-hybridized carbons (Fsp3) is 0.200. The van der Waals surface area contributed by atoms with Crippen LogP contribution >= 0.6 is 11.6 Å². The summed E-state index contributed by atoms with van der Waals surface area (Å²) >= 11 is 5.96. The molecule has 0 saturated heterocycles. The van der Waals surface area contributed by atoms with Crippen LogP contribution in [0.15, 0.2) is 54.7 Å². The number of fused-ring (bicyclic) bond motifs is 1. The van der Waals surface area contributed by atoms with Gasteiger partial charge in [0.2, 0.25) is 0 Å². The number of urea groups is 1. The Kier molecular flexibility index (Phi) is 6.81. The number of nitrogens with zero attached hydrogens (tertiary/aromatic N) is 2. The predicted octanol–water partition coefficient (Wildman–Crippen LogP) is 5.25. The number of rotatable bonds is 8. The zero-order valence-corrected chi connectivity index (χ0v) is 19.5. The van der Waals surface area contributed by atoms with Gasteiger partial charge in [0, 0.05) is 23.4 Å². The molecule has 1 aromatic heterocycles. The van der Waals surface area contributed by atoms with Crippen molar-refractivity contribution < 1.29 is 33.1 Å². The Morgan fingerprint density at radius 1 is 1.14 bits per heavy atom. The van der Waals surface area contributed by atoms with E-state index in [0.717, 1.165) is 0 Å². The van der Waals surface area contributed by atoms with Gasteiger partial charge in [-0.05, 0) is 42.0 Å². The van der Waals surface area contributed by atoms with Gasteiger partial charge in [-0.15, -0.1) is 0 Å². The van der Waals surface area contributed by atoms with E-state index in [9.17, 15) is 18.8 Å². The minimum absolute atomic E-state index is 0.00529. The van der Waals surface area contributed by atoms with E-state index in [0.29, 0.717) is 21.9 Å². The van der Waals surface area contributed by atoms with Crippen LogP contribution in [0.25, 0.3) is 0 Å². The van der Waals surface area contributed by atoms with E-state index in [4.69, 9.17) is 21.4 Å². The lowest BCUT2D eigenvalue weighted by Crippen LogP contribution is -2.59. The van der Waals surface area contributed by atoms with Crippen molar-refractivity contribution in [2.24, 2.45) is 0 Å². The Morgan fingerprint density at radius 2 is 1.83 bits per heavy atom. The van der Waals surface area contributed by atoms with Crippen molar-refractivity contribution in [2.75, 3.05) is 18.9 Å². The van der Waals surface area contributed by atoms with E-state index in [1.54, 1.807) is 36.4 Å². The summed E-state index contributed by atoms with van der Waals surface area (Å²) in [4.78, 5) is 41.8. The Balaban J connectivity index is 1.79. The van der Waals surface area contributed by atoms with Gasteiger partial charge < -0.3 is 9.84 Å². The molecule has 1 atom stereocenters.